The molecule has 0 spiro atoms. The van der Waals surface area contributed by atoms with E-state index in [2.05, 4.69) is 5.32 Å². The fourth-order valence-electron chi connectivity index (χ4n) is 2.14. The summed E-state index contributed by atoms with van der Waals surface area (Å²) in [7, 11) is 1.40. The minimum absolute atomic E-state index is 0.0432. The molecular weight excluding hydrogens is 317 g/mol. The number of methoxy groups -OCH3 is 1. The Bertz CT molecular complexity index is 685. The predicted octanol–water partition coefficient (Wildman–Crippen LogP) is 3.74. The standard InChI is InChI=1S/C17H18FNO3S/c1-11(12-5-7-15(22-2)13(18)10-12)19-17(21)8-6-14(20)16-4-3-9-23-16/h3-5,7,9-11H,6,8H2,1-2H3,(H,19,21). The van der Waals surface area contributed by atoms with Crippen molar-refractivity contribution in [3.63, 3.8) is 0 Å². The highest BCUT2D eigenvalue weighted by Gasteiger charge is 2.14. The molecule has 2 aromatic rings. The second-order valence-corrected chi connectivity index (χ2v) is 6.03. The number of Topliss-reactive ketones (excluding diaryl/α,β-unsaturated/α-hetero) is 1. The lowest BCUT2D eigenvalue weighted by Crippen LogP contribution is -2.27. The van der Waals surface area contributed by atoms with Crippen LogP contribution >= 0.6 is 11.3 Å². The average Bonchev–Trinajstić information content (AvgIpc) is 3.07. The summed E-state index contributed by atoms with van der Waals surface area (Å²) in [5.74, 6) is -0.593. The molecule has 2 rings (SSSR count). The van der Waals surface area contributed by atoms with Gasteiger partial charge in [0.25, 0.3) is 0 Å². The van der Waals surface area contributed by atoms with Crippen LogP contribution in [-0.4, -0.2) is 18.8 Å². The van der Waals surface area contributed by atoms with Crippen LogP contribution < -0.4 is 10.1 Å². The predicted molar refractivity (Wildman–Crippen MR) is 87.4 cm³/mol. The van der Waals surface area contributed by atoms with Crippen LogP contribution in [-0.2, 0) is 4.79 Å². The maximum atomic E-state index is 13.7. The van der Waals surface area contributed by atoms with Crippen LogP contribution in [0.2, 0.25) is 0 Å². The van der Waals surface area contributed by atoms with E-state index in [1.54, 1.807) is 25.1 Å². The summed E-state index contributed by atoms with van der Waals surface area (Å²) >= 11 is 1.36. The number of nitrogens with one attached hydrogen (secondary N) is 1. The van der Waals surface area contributed by atoms with Gasteiger partial charge in [-0.25, -0.2) is 4.39 Å². The fourth-order valence-corrected chi connectivity index (χ4v) is 2.83. The van der Waals surface area contributed by atoms with E-state index >= 15 is 0 Å². The van der Waals surface area contributed by atoms with Crippen LogP contribution in [0, 0.1) is 5.82 Å². The maximum Gasteiger partial charge on any atom is 0.220 e. The third-order valence-electron chi connectivity index (χ3n) is 3.43. The van der Waals surface area contributed by atoms with Gasteiger partial charge in [-0.15, -0.1) is 11.3 Å². The molecule has 1 N–H and O–H groups in total. The van der Waals surface area contributed by atoms with Crippen molar-refractivity contribution in [3.8, 4) is 5.75 Å². The molecule has 0 aliphatic rings. The van der Waals surface area contributed by atoms with E-state index < -0.39 is 5.82 Å². The van der Waals surface area contributed by atoms with Crippen molar-refractivity contribution < 1.29 is 18.7 Å². The van der Waals surface area contributed by atoms with E-state index in [1.165, 1.54) is 30.6 Å². The highest BCUT2D eigenvalue weighted by atomic mass is 32.1. The smallest absolute Gasteiger partial charge is 0.220 e. The second-order valence-electron chi connectivity index (χ2n) is 5.08. The Morgan fingerprint density at radius 2 is 2.09 bits per heavy atom. The molecule has 1 atom stereocenters. The highest BCUT2D eigenvalue weighted by Crippen LogP contribution is 2.22. The molecule has 1 heterocycles. The van der Waals surface area contributed by atoms with Crippen LogP contribution in [0.5, 0.6) is 5.75 Å². The third-order valence-corrected chi connectivity index (χ3v) is 4.34. The number of ketones is 1. The van der Waals surface area contributed by atoms with E-state index in [0.29, 0.717) is 10.4 Å². The van der Waals surface area contributed by atoms with E-state index in [1.807, 2.05) is 5.38 Å². The number of rotatable bonds is 7. The summed E-state index contributed by atoms with van der Waals surface area (Å²) in [5, 5.41) is 4.59. The van der Waals surface area contributed by atoms with Crippen LogP contribution in [0.1, 0.15) is 41.0 Å². The Morgan fingerprint density at radius 3 is 2.70 bits per heavy atom. The summed E-state index contributed by atoms with van der Waals surface area (Å²) in [6, 6.07) is 7.75. The van der Waals surface area contributed by atoms with Gasteiger partial charge in [0.15, 0.2) is 17.3 Å². The molecule has 0 radical (unpaired) electrons. The SMILES string of the molecule is COc1ccc(C(C)NC(=O)CCC(=O)c2cccs2)cc1F. The van der Waals surface area contributed by atoms with Gasteiger partial charge in [-0.2, -0.15) is 0 Å². The van der Waals surface area contributed by atoms with Gasteiger partial charge in [0.05, 0.1) is 18.0 Å². The van der Waals surface area contributed by atoms with Crippen molar-refractivity contribution in [2.75, 3.05) is 7.11 Å². The Labute approximate surface area is 138 Å². The summed E-state index contributed by atoms with van der Waals surface area (Å²) in [6.45, 7) is 1.76. The molecule has 0 fully saturated rings. The number of ether oxygens (including phenoxy) is 1. The first kappa shape index (κ1) is 17.1. The second kappa shape index (κ2) is 7.87. The fraction of sp³-hybridized carbons (Fsp3) is 0.294. The van der Waals surface area contributed by atoms with Crippen LogP contribution in [0.25, 0.3) is 0 Å². The molecule has 6 heteroatoms. The zero-order valence-electron chi connectivity index (χ0n) is 13.0. The molecule has 1 aromatic carbocycles. The summed E-state index contributed by atoms with van der Waals surface area (Å²) in [5.41, 5.74) is 0.640. The molecule has 1 aromatic heterocycles. The van der Waals surface area contributed by atoms with Gasteiger partial charge in [-0.3, -0.25) is 9.59 Å². The van der Waals surface area contributed by atoms with Gasteiger partial charge < -0.3 is 10.1 Å². The molecule has 23 heavy (non-hydrogen) atoms. The molecule has 1 amide bonds. The normalized spacial score (nSPS) is 11.8. The van der Waals surface area contributed by atoms with E-state index in [9.17, 15) is 14.0 Å². The van der Waals surface area contributed by atoms with Crippen molar-refractivity contribution >= 4 is 23.0 Å². The van der Waals surface area contributed by atoms with E-state index in [-0.39, 0.29) is 36.3 Å². The molecule has 0 saturated heterocycles. The molecule has 0 aliphatic carbocycles. The van der Waals surface area contributed by atoms with Crippen LogP contribution in [0.4, 0.5) is 4.39 Å². The summed E-state index contributed by atoms with van der Waals surface area (Å²) in [4.78, 5) is 24.4. The minimum Gasteiger partial charge on any atom is -0.494 e. The lowest BCUT2D eigenvalue weighted by Gasteiger charge is -2.15. The number of hydrogen-bond acceptors (Lipinski definition) is 4. The zero-order valence-corrected chi connectivity index (χ0v) is 13.8. The Kier molecular flexibility index (Phi) is 5.87. The lowest BCUT2D eigenvalue weighted by atomic mass is 10.1. The number of carbonyl (C=O) groups excluding carboxylic acids is 2. The molecule has 122 valence electrons. The Morgan fingerprint density at radius 1 is 1.30 bits per heavy atom. The summed E-state index contributed by atoms with van der Waals surface area (Å²) in [6.07, 6.45) is 0.274. The van der Waals surface area contributed by atoms with Crippen molar-refractivity contribution in [1.82, 2.24) is 5.32 Å². The maximum absolute atomic E-state index is 13.7. The monoisotopic (exact) mass is 335 g/mol. The quantitative estimate of drug-likeness (QED) is 0.784. The van der Waals surface area contributed by atoms with Gasteiger partial charge in [-0.1, -0.05) is 12.1 Å². The average molecular weight is 335 g/mol. The van der Waals surface area contributed by atoms with Crippen LogP contribution in [0.3, 0.4) is 0 Å². The van der Waals surface area contributed by atoms with Crippen molar-refractivity contribution in [2.24, 2.45) is 0 Å². The van der Waals surface area contributed by atoms with Crippen molar-refractivity contribution in [2.45, 2.75) is 25.8 Å². The van der Waals surface area contributed by atoms with Gasteiger partial charge in [0.2, 0.25) is 5.91 Å². The first-order chi connectivity index (χ1) is 11.0. The first-order valence-corrected chi connectivity index (χ1v) is 8.08. The number of carbonyl (C=O) groups is 2. The lowest BCUT2D eigenvalue weighted by molar-refractivity contribution is -0.121. The highest BCUT2D eigenvalue weighted by molar-refractivity contribution is 7.12. The molecule has 0 saturated carbocycles. The van der Waals surface area contributed by atoms with Crippen molar-refractivity contribution in [3.05, 3.63) is 52.0 Å². The first-order valence-electron chi connectivity index (χ1n) is 7.20. The summed E-state index contributed by atoms with van der Waals surface area (Å²) < 4.78 is 18.5. The zero-order chi connectivity index (χ0) is 16.8. The van der Waals surface area contributed by atoms with Gasteiger partial charge in [0, 0.05) is 12.8 Å². The van der Waals surface area contributed by atoms with Crippen molar-refractivity contribution in [1.29, 1.82) is 0 Å². The topological polar surface area (TPSA) is 55.4 Å². The number of amides is 1. The van der Waals surface area contributed by atoms with Gasteiger partial charge in [-0.05, 0) is 36.1 Å². The van der Waals surface area contributed by atoms with E-state index in [4.69, 9.17) is 4.74 Å². The molecule has 0 aliphatic heterocycles. The molecular formula is C17H18FNO3S. The largest absolute Gasteiger partial charge is 0.494 e. The minimum atomic E-state index is -0.473. The number of hydrogen-bond donors (Lipinski definition) is 1. The third kappa shape index (κ3) is 4.63. The Hall–Kier alpha value is -2.21. The van der Waals surface area contributed by atoms with E-state index in [0.717, 1.165) is 0 Å². The number of thiophene rings is 1. The Balaban J connectivity index is 1.87. The molecule has 1 unspecified atom stereocenters. The number of benzene rings is 1. The van der Waals surface area contributed by atoms with Crippen LogP contribution in [0.15, 0.2) is 35.7 Å². The molecule has 0 bridgehead atoms. The van der Waals surface area contributed by atoms with Gasteiger partial charge in [0.1, 0.15) is 0 Å². The molecule has 4 nitrogen and oxygen atoms in total. The van der Waals surface area contributed by atoms with Gasteiger partial charge >= 0.3 is 0 Å². The number of halogens is 1.